The van der Waals surface area contributed by atoms with Gasteiger partial charge in [-0.15, -0.1) is 0 Å². The van der Waals surface area contributed by atoms with Crippen molar-refractivity contribution in [3.8, 4) is 0 Å². The van der Waals surface area contributed by atoms with Crippen LogP contribution >= 0.6 is 0 Å². The van der Waals surface area contributed by atoms with Crippen LogP contribution in [-0.2, 0) is 10.1 Å². The van der Waals surface area contributed by atoms with Crippen LogP contribution in [0.5, 0.6) is 0 Å². The second kappa shape index (κ2) is 3.34. The van der Waals surface area contributed by atoms with Crippen molar-refractivity contribution < 1.29 is 13.0 Å². The first-order valence-electron chi connectivity index (χ1n) is 3.27. The summed E-state index contributed by atoms with van der Waals surface area (Å²) in [6.45, 7) is 3.23. The fraction of sp³-hybridized carbons (Fsp3) is 0.667. The summed E-state index contributed by atoms with van der Waals surface area (Å²) in [4.78, 5) is -1.62. The fourth-order valence-corrected chi connectivity index (χ4v) is 1.34. The van der Waals surface area contributed by atoms with Crippen molar-refractivity contribution >= 4 is 10.1 Å². The average Bonchev–Trinajstić information content (AvgIpc) is 1.86. The standard InChI is InChI=1S/C6H13NO3S/c1-3-5-6(7,4-2)11(8,9)10/h3,5H,4,7H2,1-2H3,(H,8,9,10)/b5-3-. The number of hydrogen-bond acceptors (Lipinski definition) is 3. The van der Waals surface area contributed by atoms with Crippen LogP contribution in [0.25, 0.3) is 0 Å². The van der Waals surface area contributed by atoms with E-state index in [0.717, 1.165) is 0 Å². The highest BCUT2D eigenvalue weighted by molar-refractivity contribution is 7.87. The van der Waals surface area contributed by atoms with Crippen molar-refractivity contribution in [3.63, 3.8) is 0 Å². The molecule has 0 aliphatic rings. The Morgan fingerprint density at radius 3 is 2.18 bits per heavy atom. The van der Waals surface area contributed by atoms with Gasteiger partial charge in [-0.25, -0.2) is 0 Å². The third-order valence-corrected chi connectivity index (χ3v) is 2.87. The summed E-state index contributed by atoms with van der Waals surface area (Å²) in [6.07, 6.45) is 2.91. The third kappa shape index (κ3) is 2.28. The Hall–Kier alpha value is -0.390. The molecule has 0 amide bonds. The maximum atomic E-state index is 10.7. The lowest BCUT2D eigenvalue weighted by Gasteiger charge is -2.19. The highest BCUT2D eigenvalue weighted by Crippen LogP contribution is 2.15. The van der Waals surface area contributed by atoms with E-state index in [1.807, 2.05) is 0 Å². The van der Waals surface area contributed by atoms with Gasteiger partial charge in [0.1, 0.15) is 0 Å². The maximum absolute atomic E-state index is 10.7. The van der Waals surface area contributed by atoms with Crippen LogP contribution in [0.3, 0.4) is 0 Å². The lowest BCUT2D eigenvalue weighted by atomic mass is 10.2. The second-order valence-corrected chi connectivity index (χ2v) is 3.99. The molecule has 0 bridgehead atoms. The molecular weight excluding hydrogens is 166 g/mol. The SMILES string of the molecule is C/C=C\C(N)(CC)S(=O)(=O)O. The van der Waals surface area contributed by atoms with Crippen molar-refractivity contribution in [2.75, 3.05) is 0 Å². The number of allylic oxidation sites excluding steroid dienone is 1. The van der Waals surface area contributed by atoms with Gasteiger partial charge in [-0.1, -0.05) is 19.1 Å². The smallest absolute Gasteiger partial charge is 0.287 e. The quantitative estimate of drug-likeness (QED) is 0.488. The molecule has 5 heteroatoms. The van der Waals surface area contributed by atoms with Crippen LogP contribution in [-0.4, -0.2) is 17.8 Å². The fourth-order valence-electron chi connectivity index (χ4n) is 0.668. The monoisotopic (exact) mass is 179 g/mol. The minimum atomic E-state index is -4.19. The van der Waals surface area contributed by atoms with Gasteiger partial charge in [0.05, 0.1) is 0 Å². The molecule has 0 heterocycles. The van der Waals surface area contributed by atoms with Crippen LogP contribution in [0.15, 0.2) is 12.2 Å². The van der Waals surface area contributed by atoms with Crippen LogP contribution in [0.4, 0.5) is 0 Å². The number of hydrogen-bond donors (Lipinski definition) is 2. The van der Waals surface area contributed by atoms with Crippen molar-refractivity contribution in [2.45, 2.75) is 25.1 Å². The van der Waals surface area contributed by atoms with Gasteiger partial charge in [-0.2, -0.15) is 8.42 Å². The van der Waals surface area contributed by atoms with Crippen molar-refractivity contribution in [1.29, 1.82) is 0 Å². The molecule has 1 unspecified atom stereocenters. The summed E-state index contributed by atoms with van der Waals surface area (Å²) in [5, 5.41) is 0. The van der Waals surface area contributed by atoms with Gasteiger partial charge in [0.2, 0.25) is 0 Å². The first-order valence-corrected chi connectivity index (χ1v) is 4.71. The first-order chi connectivity index (χ1) is 4.87. The van der Waals surface area contributed by atoms with Gasteiger partial charge < -0.3 is 5.73 Å². The minimum Gasteiger partial charge on any atom is -0.307 e. The van der Waals surface area contributed by atoms with E-state index < -0.39 is 15.0 Å². The van der Waals surface area contributed by atoms with Gasteiger partial charge >= 0.3 is 0 Å². The Morgan fingerprint density at radius 1 is 1.64 bits per heavy atom. The van der Waals surface area contributed by atoms with Crippen LogP contribution in [0, 0.1) is 0 Å². The van der Waals surface area contributed by atoms with E-state index in [2.05, 4.69) is 0 Å². The zero-order valence-electron chi connectivity index (χ0n) is 6.61. The lowest BCUT2D eigenvalue weighted by molar-refractivity contribution is 0.444. The normalized spacial score (nSPS) is 18.5. The molecular formula is C6H13NO3S. The predicted molar refractivity (Wildman–Crippen MR) is 43.6 cm³/mol. The molecule has 0 aromatic carbocycles. The van der Waals surface area contributed by atoms with E-state index >= 15 is 0 Å². The van der Waals surface area contributed by atoms with Gasteiger partial charge in [0.15, 0.2) is 4.87 Å². The number of rotatable bonds is 3. The summed E-state index contributed by atoms with van der Waals surface area (Å²) in [6, 6.07) is 0. The molecule has 0 aliphatic heterocycles. The molecule has 0 fully saturated rings. The van der Waals surface area contributed by atoms with Crippen LogP contribution in [0.2, 0.25) is 0 Å². The summed E-state index contributed by atoms with van der Waals surface area (Å²) < 4.78 is 30.0. The van der Waals surface area contributed by atoms with Crippen LogP contribution < -0.4 is 5.73 Å². The second-order valence-electron chi connectivity index (χ2n) is 2.28. The van der Waals surface area contributed by atoms with Crippen molar-refractivity contribution in [2.24, 2.45) is 5.73 Å². The molecule has 0 rings (SSSR count). The van der Waals surface area contributed by atoms with Gasteiger partial charge in [-0.3, -0.25) is 4.55 Å². The third-order valence-electron chi connectivity index (χ3n) is 1.48. The van der Waals surface area contributed by atoms with Gasteiger partial charge in [0, 0.05) is 0 Å². The molecule has 11 heavy (non-hydrogen) atoms. The molecule has 0 aromatic heterocycles. The molecule has 0 spiro atoms. The van der Waals surface area contributed by atoms with Gasteiger partial charge in [-0.05, 0) is 13.3 Å². The summed E-state index contributed by atoms with van der Waals surface area (Å²) >= 11 is 0. The maximum Gasteiger partial charge on any atom is 0.287 e. The molecule has 0 saturated carbocycles. The zero-order chi connectivity index (χ0) is 9.12. The van der Waals surface area contributed by atoms with Crippen molar-refractivity contribution in [3.05, 3.63) is 12.2 Å². The average molecular weight is 179 g/mol. The van der Waals surface area contributed by atoms with E-state index in [9.17, 15) is 8.42 Å². The van der Waals surface area contributed by atoms with Gasteiger partial charge in [0.25, 0.3) is 10.1 Å². The van der Waals surface area contributed by atoms with Crippen molar-refractivity contribution in [1.82, 2.24) is 0 Å². The zero-order valence-corrected chi connectivity index (χ0v) is 7.43. The Morgan fingerprint density at radius 2 is 2.09 bits per heavy atom. The Bertz CT molecular complexity index is 245. The molecule has 3 N–H and O–H groups in total. The molecule has 66 valence electrons. The van der Waals surface area contributed by atoms with E-state index in [1.54, 1.807) is 13.8 Å². The summed E-state index contributed by atoms with van der Waals surface area (Å²) in [5.41, 5.74) is 5.36. The lowest BCUT2D eigenvalue weighted by Crippen LogP contribution is -2.44. The molecule has 4 nitrogen and oxygen atoms in total. The van der Waals surface area contributed by atoms with E-state index in [0.29, 0.717) is 0 Å². The Balaban J connectivity index is 4.92. The Labute approximate surface area is 66.8 Å². The highest BCUT2D eigenvalue weighted by Gasteiger charge is 2.33. The number of nitrogens with two attached hydrogens (primary N) is 1. The molecule has 0 aromatic rings. The van der Waals surface area contributed by atoms with E-state index in [1.165, 1.54) is 12.2 Å². The summed E-state index contributed by atoms with van der Waals surface area (Å²) in [5.74, 6) is 0. The highest BCUT2D eigenvalue weighted by atomic mass is 32.2. The first kappa shape index (κ1) is 10.6. The van der Waals surface area contributed by atoms with E-state index in [4.69, 9.17) is 10.3 Å². The summed E-state index contributed by atoms with van der Waals surface area (Å²) in [7, 11) is -4.19. The predicted octanol–water partition coefficient (Wildman–Crippen LogP) is 0.515. The largest absolute Gasteiger partial charge is 0.307 e. The Kier molecular flexibility index (Phi) is 3.22. The molecule has 0 saturated heterocycles. The van der Waals surface area contributed by atoms with E-state index in [-0.39, 0.29) is 6.42 Å². The molecule has 0 aliphatic carbocycles. The van der Waals surface area contributed by atoms with Crippen LogP contribution in [0.1, 0.15) is 20.3 Å². The molecule has 0 radical (unpaired) electrons. The topological polar surface area (TPSA) is 80.4 Å². The molecule has 1 atom stereocenters. The minimum absolute atomic E-state index is 0.149.